The van der Waals surface area contributed by atoms with E-state index in [1.165, 1.54) is 17.7 Å². The van der Waals surface area contributed by atoms with Crippen LogP contribution in [0.2, 0.25) is 0 Å². The summed E-state index contributed by atoms with van der Waals surface area (Å²) < 4.78 is 2.10. The molecule has 1 unspecified atom stereocenters. The second kappa shape index (κ2) is 6.40. The van der Waals surface area contributed by atoms with Crippen molar-refractivity contribution in [2.75, 3.05) is 6.54 Å². The molecule has 1 aliphatic heterocycles. The molecule has 24 heavy (non-hydrogen) atoms. The summed E-state index contributed by atoms with van der Waals surface area (Å²) in [5, 5.41) is 4.91. The van der Waals surface area contributed by atoms with Gasteiger partial charge in [0.2, 0.25) is 5.91 Å². The van der Waals surface area contributed by atoms with E-state index in [2.05, 4.69) is 21.7 Å². The maximum absolute atomic E-state index is 11.8. The molecule has 1 amide bonds. The van der Waals surface area contributed by atoms with Crippen LogP contribution in [0, 0.1) is 0 Å². The van der Waals surface area contributed by atoms with Crippen LogP contribution in [0.4, 0.5) is 0 Å². The summed E-state index contributed by atoms with van der Waals surface area (Å²) in [4.78, 5) is 14.0. The van der Waals surface area contributed by atoms with Gasteiger partial charge in [-0.1, -0.05) is 24.6 Å². The first-order chi connectivity index (χ1) is 11.7. The summed E-state index contributed by atoms with van der Waals surface area (Å²) >= 11 is 0. The molecule has 1 aromatic carbocycles. The molecule has 2 heterocycles. The number of amides is 1. The smallest absolute Gasteiger partial charge is 0.234 e. The maximum atomic E-state index is 11.8. The van der Waals surface area contributed by atoms with Gasteiger partial charge in [0.15, 0.2) is 0 Å². The Morgan fingerprint density at radius 3 is 2.79 bits per heavy atom. The molecule has 2 aromatic rings. The molecule has 4 rings (SSSR count). The van der Waals surface area contributed by atoms with Crippen LogP contribution in [0.5, 0.6) is 0 Å². The van der Waals surface area contributed by atoms with E-state index in [1.807, 2.05) is 18.2 Å². The monoisotopic (exact) mass is 324 g/mol. The quantitative estimate of drug-likeness (QED) is 0.938. The summed E-state index contributed by atoms with van der Waals surface area (Å²) in [7, 11) is 0. The van der Waals surface area contributed by atoms with E-state index in [0.717, 1.165) is 56.6 Å². The highest BCUT2D eigenvalue weighted by Crippen LogP contribution is 2.29. The molecule has 0 radical (unpaired) electrons. The Morgan fingerprint density at radius 2 is 2.00 bits per heavy atom. The standard InChI is InChI=1S/C19H24N4O/c20-19(24)18-10-4-5-12-22(18)13-16-15-9-6-11-17(15)23(21-16)14-7-2-1-3-8-14/h1-3,7-8,18H,4-6,9-13H2,(H2,20,24). The van der Waals surface area contributed by atoms with Crippen molar-refractivity contribution in [2.24, 2.45) is 5.73 Å². The summed E-state index contributed by atoms with van der Waals surface area (Å²) in [5.41, 5.74) is 10.6. The summed E-state index contributed by atoms with van der Waals surface area (Å²) in [6.45, 7) is 1.66. The third kappa shape index (κ3) is 2.73. The lowest BCUT2D eigenvalue weighted by Gasteiger charge is -2.33. The summed E-state index contributed by atoms with van der Waals surface area (Å²) in [6.07, 6.45) is 6.44. The van der Waals surface area contributed by atoms with Gasteiger partial charge in [0.1, 0.15) is 0 Å². The van der Waals surface area contributed by atoms with Gasteiger partial charge in [0.05, 0.1) is 17.4 Å². The van der Waals surface area contributed by atoms with Crippen LogP contribution in [-0.4, -0.2) is 33.2 Å². The lowest BCUT2D eigenvalue weighted by molar-refractivity contribution is -0.124. The lowest BCUT2D eigenvalue weighted by atomic mass is 10.0. The fourth-order valence-corrected chi connectivity index (χ4v) is 4.12. The van der Waals surface area contributed by atoms with Crippen LogP contribution in [-0.2, 0) is 24.2 Å². The van der Waals surface area contributed by atoms with E-state index in [-0.39, 0.29) is 11.9 Å². The first-order valence-electron chi connectivity index (χ1n) is 8.92. The van der Waals surface area contributed by atoms with Crippen LogP contribution in [0.25, 0.3) is 5.69 Å². The number of hydrogen-bond donors (Lipinski definition) is 1. The topological polar surface area (TPSA) is 64.2 Å². The largest absolute Gasteiger partial charge is 0.368 e. The number of primary amides is 1. The Balaban J connectivity index is 1.65. The highest BCUT2D eigenvalue weighted by atomic mass is 16.1. The van der Waals surface area contributed by atoms with E-state index in [0.29, 0.717) is 0 Å². The predicted octanol–water partition coefficient (Wildman–Crippen LogP) is 2.20. The zero-order chi connectivity index (χ0) is 16.5. The first kappa shape index (κ1) is 15.4. The molecule has 0 saturated carbocycles. The minimum atomic E-state index is -0.200. The zero-order valence-electron chi connectivity index (χ0n) is 13.9. The van der Waals surface area contributed by atoms with Gasteiger partial charge in [-0.15, -0.1) is 0 Å². The molecule has 1 fully saturated rings. The van der Waals surface area contributed by atoms with Gasteiger partial charge < -0.3 is 5.73 Å². The van der Waals surface area contributed by atoms with Gasteiger partial charge >= 0.3 is 0 Å². The number of aromatic nitrogens is 2. The van der Waals surface area contributed by atoms with Crippen molar-refractivity contribution in [2.45, 2.75) is 51.1 Å². The Morgan fingerprint density at radius 1 is 1.17 bits per heavy atom. The summed E-state index contributed by atoms with van der Waals surface area (Å²) in [5.74, 6) is -0.200. The molecule has 5 heteroatoms. The number of fused-ring (bicyclic) bond motifs is 1. The molecule has 1 aliphatic carbocycles. The van der Waals surface area contributed by atoms with E-state index in [1.54, 1.807) is 0 Å². The minimum absolute atomic E-state index is 0.141. The molecule has 2 N–H and O–H groups in total. The fourth-order valence-electron chi connectivity index (χ4n) is 4.12. The number of hydrogen-bond acceptors (Lipinski definition) is 3. The molecule has 1 atom stereocenters. The van der Waals surface area contributed by atoms with Gasteiger partial charge in [-0.05, 0) is 56.3 Å². The Kier molecular flexibility index (Phi) is 4.10. The first-order valence-corrected chi connectivity index (χ1v) is 8.92. The van der Waals surface area contributed by atoms with E-state index < -0.39 is 0 Å². The Labute approximate surface area is 142 Å². The molecular formula is C19H24N4O. The van der Waals surface area contributed by atoms with Crippen molar-refractivity contribution in [3.63, 3.8) is 0 Å². The number of para-hydroxylation sites is 1. The van der Waals surface area contributed by atoms with Crippen LogP contribution in [0.1, 0.15) is 42.6 Å². The number of piperidine rings is 1. The average Bonchev–Trinajstić information content (AvgIpc) is 3.20. The molecule has 0 spiro atoms. The molecule has 0 bridgehead atoms. The number of carbonyl (C=O) groups excluding carboxylic acids is 1. The van der Waals surface area contributed by atoms with Crippen LogP contribution >= 0.6 is 0 Å². The SMILES string of the molecule is NC(=O)C1CCCCN1Cc1nn(-c2ccccc2)c2c1CCC2. The highest BCUT2D eigenvalue weighted by Gasteiger charge is 2.30. The van der Waals surface area contributed by atoms with Crippen molar-refractivity contribution < 1.29 is 4.79 Å². The summed E-state index contributed by atoms with van der Waals surface area (Å²) in [6, 6.07) is 10.2. The molecule has 2 aliphatic rings. The molecule has 1 saturated heterocycles. The fraction of sp³-hybridized carbons (Fsp3) is 0.474. The van der Waals surface area contributed by atoms with Crippen molar-refractivity contribution in [3.8, 4) is 5.69 Å². The number of benzene rings is 1. The third-order valence-electron chi connectivity index (χ3n) is 5.31. The lowest BCUT2D eigenvalue weighted by Crippen LogP contribution is -2.47. The van der Waals surface area contributed by atoms with Crippen molar-refractivity contribution in [3.05, 3.63) is 47.3 Å². The van der Waals surface area contributed by atoms with Crippen molar-refractivity contribution >= 4 is 5.91 Å². The second-order valence-electron chi connectivity index (χ2n) is 6.86. The van der Waals surface area contributed by atoms with Crippen LogP contribution < -0.4 is 5.73 Å². The highest BCUT2D eigenvalue weighted by molar-refractivity contribution is 5.79. The molecular weight excluding hydrogens is 300 g/mol. The van der Waals surface area contributed by atoms with Crippen molar-refractivity contribution in [1.82, 2.24) is 14.7 Å². The number of likely N-dealkylation sites (tertiary alicyclic amines) is 1. The van der Waals surface area contributed by atoms with E-state index in [9.17, 15) is 4.79 Å². The third-order valence-corrected chi connectivity index (χ3v) is 5.31. The molecule has 126 valence electrons. The second-order valence-corrected chi connectivity index (χ2v) is 6.86. The zero-order valence-corrected chi connectivity index (χ0v) is 13.9. The number of nitrogens with two attached hydrogens (primary N) is 1. The van der Waals surface area contributed by atoms with Gasteiger partial charge in [-0.25, -0.2) is 4.68 Å². The normalized spacial score (nSPS) is 20.9. The van der Waals surface area contributed by atoms with Gasteiger partial charge in [-0.3, -0.25) is 9.69 Å². The van der Waals surface area contributed by atoms with Crippen LogP contribution in [0.3, 0.4) is 0 Å². The minimum Gasteiger partial charge on any atom is -0.368 e. The number of nitrogens with zero attached hydrogens (tertiary/aromatic N) is 3. The van der Waals surface area contributed by atoms with E-state index >= 15 is 0 Å². The van der Waals surface area contributed by atoms with Crippen molar-refractivity contribution in [1.29, 1.82) is 0 Å². The number of carbonyl (C=O) groups is 1. The van der Waals surface area contributed by atoms with Crippen LogP contribution in [0.15, 0.2) is 30.3 Å². The predicted molar refractivity (Wildman–Crippen MR) is 92.8 cm³/mol. The van der Waals surface area contributed by atoms with E-state index in [4.69, 9.17) is 10.8 Å². The Bertz CT molecular complexity index is 737. The van der Waals surface area contributed by atoms with Gasteiger partial charge in [-0.2, -0.15) is 5.10 Å². The van der Waals surface area contributed by atoms with Gasteiger partial charge in [0.25, 0.3) is 0 Å². The molecule has 1 aromatic heterocycles. The molecule has 5 nitrogen and oxygen atoms in total. The van der Waals surface area contributed by atoms with Gasteiger partial charge in [0, 0.05) is 12.2 Å². The Hall–Kier alpha value is -2.14. The average molecular weight is 324 g/mol. The maximum Gasteiger partial charge on any atom is 0.234 e. The number of rotatable bonds is 4.